The van der Waals surface area contributed by atoms with Gasteiger partial charge >= 0.3 is 0 Å². The van der Waals surface area contributed by atoms with Crippen molar-refractivity contribution in [3.63, 3.8) is 0 Å². The van der Waals surface area contributed by atoms with Crippen LogP contribution >= 0.6 is 0 Å². The van der Waals surface area contributed by atoms with Gasteiger partial charge in [-0.25, -0.2) is 0 Å². The first-order valence-electron chi connectivity index (χ1n) is 14.3. The van der Waals surface area contributed by atoms with Crippen molar-refractivity contribution < 1.29 is 14.7 Å². The van der Waals surface area contributed by atoms with Crippen LogP contribution in [0.4, 0.5) is 22.7 Å². The molecule has 0 fully saturated rings. The summed E-state index contributed by atoms with van der Waals surface area (Å²) < 4.78 is 0. The second kappa shape index (κ2) is 15.7. The molecule has 11 nitrogen and oxygen atoms in total. The molecule has 226 valence electrons. The molecular weight excluding hydrogens is 520 g/mol. The molecule has 2 aromatic carbocycles. The van der Waals surface area contributed by atoms with Gasteiger partial charge in [-0.3, -0.25) is 9.59 Å². The molecule has 11 heteroatoms. The summed E-state index contributed by atoms with van der Waals surface area (Å²) in [5, 5.41) is 25.8. The molecule has 41 heavy (non-hydrogen) atoms. The maximum atomic E-state index is 14.4. The first-order valence-corrected chi connectivity index (χ1v) is 14.3. The van der Waals surface area contributed by atoms with Gasteiger partial charge < -0.3 is 46.4 Å². The standard InChI is InChI=1S/C30H48N8O3/c1-36(2)17-13-33-22-8-7-21(32-12-11-31-16-20-39)25-26(22)30(41)28-24(35-15-19-38(5)6)10-9-23(27(28)29(25)40)34-14-18-37(3)4/h7-10,31-35,39H,11-20H2,1-6H3. The molecular formula is C30H48N8O3. The van der Waals surface area contributed by atoms with E-state index in [1.54, 1.807) is 0 Å². The molecule has 0 saturated carbocycles. The smallest absolute Gasteiger partial charge is 0.198 e. The highest BCUT2D eigenvalue weighted by molar-refractivity contribution is 6.35. The molecule has 1 aliphatic carbocycles. The lowest BCUT2D eigenvalue weighted by atomic mass is 9.80. The Bertz CT molecular complexity index is 1180. The SMILES string of the molecule is CN(C)CCNc1ccc(NCCNCCO)c2c1C(=O)c1c(NCCN(C)C)ccc(NCCN(C)C)c1C2=O. The van der Waals surface area contributed by atoms with Gasteiger partial charge in [0.25, 0.3) is 0 Å². The van der Waals surface area contributed by atoms with Crippen molar-refractivity contribution in [2.24, 2.45) is 0 Å². The zero-order valence-electron chi connectivity index (χ0n) is 25.5. The zero-order valence-corrected chi connectivity index (χ0v) is 25.5. The predicted octanol–water partition coefficient (Wildman–Crippen LogP) is 1.38. The van der Waals surface area contributed by atoms with Crippen LogP contribution in [0.1, 0.15) is 31.8 Å². The Hall–Kier alpha value is -3.22. The largest absolute Gasteiger partial charge is 0.395 e. The van der Waals surface area contributed by atoms with Gasteiger partial charge in [-0.2, -0.15) is 0 Å². The highest BCUT2D eigenvalue weighted by atomic mass is 16.3. The summed E-state index contributed by atoms with van der Waals surface area (Å²) in [7, 11) is 12.0. The van der Waals surface area contributed by atoms with Crippen LogP contribution in [0.2, 0.25) is 0 Å². The molecule has 3 rings (SSSR count). The number of aliphatic hydroxyl groups is 1. The average molecular weight is 569 g/mol. The van der Waals surface area contributed by atoms with Gasteiger partial charge in [0.1, 0.15) is 0 Å². The molecule has 0 bridgehead atoms. The third kappa shape index (κ3) is 8.64. The lowest BCUT2D eigenvalue weighted by Gasteiger charge is -2.28. The number of nitrogens with one attached hydrogen (secondary N) is 5. The molecule has 0 atom stereocenters. The highest BCUT2D eigenvalue weighted by Gasteiger charge is 2.37. The molecule has 0 unspecified atom stereocenters. The van der Waals surface area contributed by atoms with Crippen molar-refractivity contribution >= 4 is 34.3 Å². The van der Waals surface area contributed by atoms with Crippen molar-refractivity contribution in [1.82, 2.24) is 20.0 Å². The third-order valence-electron chi connectivity index (χ3n) is 6.85. The second-order valence-electron chi connectivity index (χ2n) is 11.1. The Labute approximate surface area is 244 Å². The Morgan fingerprint density at radius 1 is 0.512 bits per heavy atom. The molecule has 0 aliphatic heterocycles. The van der Waals surface area contributed by atoms with E-state index in [1.165, 1.54) is 0 Å². The summed E-state index contributed by atoms with van der Waals surface area (Å²) in [5.74, 6) is -0.354. The van der Waals surface area contributed by atoms with E-state index < -0.39 is 0 Å². The van der Waals surface area contributed by atoms with Crippen LogP contribution < -0.4 is 26.6 Å². The van der Waals surface area contributed by atoms with Crippen molar-refractivity contribution in [1.29, 1.82) is 0 Å². The predicted molar refractivity (Wildman–Crippen MR) is 169 cm³/mol. The average Bonchev–Trinajstić information content (AvgIpc) is 2.91. The van der Waals surface area contributed by atoms with Crippen LogP contribution in [-0.2, 0) is 0 Å². The maximum absolute atomic E-state index is 14.4. The van der Waals surface area contributed by atoms with E-state index in [9.17, 15) is 9.59 Å². The number of aliphatic hydroxyl groups excluding tert-OH is 1. The third-order valence-corrected chi connectivity index (χ3v) is 6.85. The molecule has 0 aromatic heterocycles. The molecule has 2 aromatic rings. The lowest BCUT2D eigenvalue weighted by molar-refractivity contribution is 0.0981. The maximum Gasteiger partial charge on any atom is 0.198 e. The van der Waals surface area contributed by atoms with E-state index in [1.807, 2.05) is 66.6 Å². The number of hydrogen-bond donors (Lipinski definition) is 6. The second-order valence-corrected chi connectivity index (χ2v) is 11.1. The molecule has 0 spiro atoms. The van der Waals surface area contributed by atoms with Crippen LogP contribution in [0.3, 0.4) is 0 Å². The van der Waals surface area contributed by atoms with E-state index >= 15 is 0 Å². The number of ketones is 2. The number of nitrogens with zero attached hydrogens (tertiary/aromatic N) is 3. The minimum atomic E-state index is -0.180. The fraction of sp³-hybridized carbons (Fsp3) is 0.533. The minimum Gasteiger partial charge on any atom is -0.395 e. The van der Waals surface area contributed by atoms with Gasteiger partial charge in [-0.05, 0) is 66.6 Å². The van der Waals surface area contributed by atoms with Gasteiger partial charge in [0, 0.05) is 81.7 Å². The molecule has 0 saturated heterocycles. The lowest BCUT2D eigenvalue weighted by Crippen LogP contribution is -2.30. The van der Waals surface area contributed by atoms with Gasteiger partial charge in [0.05, 0.1) is 28.9 Å². The fourth-order valence-electron chi connectivity index (χ4n) is 4.72. The van der Waals surface area contributed by atoms with Crippen LogP contribution in [0, 0.1) is 0 Å². The van der Waals surface area contributed by atoms with Crippen LogP contribution in [0.25, 0.3) is 0 Å². The summed E-state index contributed by atoms with van der Waals surface area (Å²) in [4.78, 5) is 35.1. The Kier molecular flexibility index (Phi) is 12.4. The first kappa shape index (κ1) is 32.3. The molecule has 0 amide bonds. The van der Waals surface area contributed by atoms with Gasteiger partial charge in [0.15, 0.2) is 11.6 Å². The Balaban J connectivity index is 2.09. The monoisotopic (exact) mass is 568 g/mol. The number of fused-ring (bicyclic) bond motifs is 2. The molecule has 0 radical (unpaired) electrons. The molecule has 1 aliphatic rings. The fourth-order valence-corrected chi connectivity index (χ4v) is 4.72. The number of carbonyl (C=O) groups excluding carboxylic acids is 2. The number of anilines is 4. The van der Waals surface area contributed by atoms with Gasteiger partial charge in [0.2, 0.25) is 0 Å². The molecule has 0 heterocycles. The van der Waals surface area contributed by atoms with E-state index in [0.29, 0.717) is 84.3 Å². The number of rotatable bonds is 18. The van der Waals surface area contributed by atoms with Crippen LogP contribution in [0.15, 0.2) is 24.3 Å². The summed E-state index contributed by atoms with van der Waals surface area (Å²) in [6.45, 7) is 5.93. The highest BCUT2D eigenvalue weighted by Crippen LogP contribution is 2.41. The Morgan fingerprint density at radius 3 is 1.12 bits per heavy atom. The summed E-state index contributed by atoms with van der Waals surface area (Å²) >= 11 is 0. The Morgan fingerprint density at radius 2 is 0.829 bits per heavy atom. The van der Waals surface area contributed by atoms with Crippen molar-refractivity contribution in [3.8, 4) is 0 Å². The first-order chi connectivity index (χ1) is 19.6. The topological polar surface area (TPSA) is 124 Å². The number of benzene rings is 2. The van der Waals surface area contributed by atoms with E-state index in [-0.39, 0.29) is 18.2 Å². The minimum absolute atomic E-state index is 0.0565. The number of likely N-dealkylation sites (N-methyl/N-ethyl adjacent to an activating group) is 3. The van der Waals surface area contributed by atoms with Crippen molar-refractivity contribution in [2.45, 2.75) is 0 Å². The van der Waals surface area contributed by atoms with Crippen molar-refractivity contribution in [2.75, 3.05) is 129 Å². The van der Waals surface area contributed by atoms with E-state index in [0.717, 1.165) is 19.6 Å². The zero-order chi connectivity index (χ0) is 29.9. The van der Waals surface area contributed by atoms with Crippen molar-refractivity contribution in [3.05, 3.63) is 46.5 Å². The van der Waals surface area contributed by atoms with Gasteiger partial charge in [-0.15, -0.1) is 0 Å². The molecule has 6 N–H and O–H groups in total. The normalized spacial score (nSPS) is 12.6. The number of hydrogen-bond acceptors (Lipinski definition) is 11. The summed E-state index contributed by atoms with van der Waals surface area (Å²) in [6.07, 6.45) is 0. The summed E-state index contributed by atoms with van der Waals surface area (Å²) in [5.41, 5.74) is 4.20. The quantitative estimate of drug-likeness (QED) is 0.125. The van der Waals surface area contributed by atoms with E-state index in [4.69, 9.17) is 5.11 Å². The van der Waals surface area contributed by atoms with Gasteiger partial charge in [-0.1, -0.05) is 0 Å². The number of carbonyl (C=O) groups is 2. The summed E-state index contributed by atoms with van der Waals surface area (Å²) in [6, 6.07) is 7.55. The van der Waals surface area contributed by atoms with Crippen LogP contribution in [-0.4, -0.2) is 139 Å². The van der Waals surface area contributed by atoms with E-state index in [2.05, 4.69) is 41.3 Å². The van der Waals surface area contributed by atoms with Crippen LogP contribution in [0.5, 0.6) is 0 Å².